The maximum Gasteiger partial charge on any atom is 0.337 e. The highest BCUT2D eigenvalue weighted by Crippen LogP contribution is 2.37. The minimum absolute atomic E-state index is 0.0882. The van der Waals surface area contributed by atoms with Crippen molar-refractivity contribution in [1.82, 2.24) is 10.6 Å². The van der Waals surface area contributed by atoms with Gasteiger partial charge in [-0.2, -0.15) is 11.8 Å². The second-order valence-electron chi connectivity index (χ2n) is 5.56. The van der Waals surface area contributed by atoms with Crippen molar-refractivity contribution >= 4 is 23.8 Å². The number of carbonyl (C=O) groups excluding carboxylic acids is 1. The van der Waals surface area contributed by atoms with Gasteiger partial charge in [0.25, 0.3) is 0 Å². The second-order valence-corrected chi connectivity index (χ2v) is 6.84. The van der Waals surface area contributed by atoms with E-state index in [4.69, 9.17) is 5.11 Å². The molecule has 0 saturated heterocycles. The third kappa shape index (κ3) is 4.86. The van der Waals surface area contributed by atoms with E-state index in [1.165, 1.54) is 19.3 Å². The summed E-state index contributed by atoms with van der Waals surface area (Å²) in [4.78, 5) is 22.4. The van der Waals surface area contributed by atoms with Gasteiger partial charge in [0.05, 0.1) is 6.54 Å². The lowest BCUT2D eigenvalue weighted by Gasteiger charge is -2.35. The van der Waals surface area contributed by atoms with E-state index in [-0.39, 0.29) is 11.3 Å². The van der Waals surface area contributed by atoms with Crippen molar-refractivity contribution in [2.45, 2.75) is 49.4 Å². The molecule has 1 atom stereocenters. The SMILES string of the molecule is CSC1(CNC(=O)NCC(C)(O)C(=O)O)CCCCC1. The van der Waals surface area contributed by atoms with Crippen LogP contribution in [0, 0.1) is 0 Å². The molecule has 1 unspecified atom stereocenters. The van der Waals surface area contributed by atoms with Gasteiger partial charge in [0.2, 0.25) is 0 Å². The number of hydrogen-bond acceptors (Lipinski definition) is 4. The van der Waals surface area contributed by atoms with Crippen molar-refractivity contribution < 1.29 is 19.8 Å². The monoisotopic (exact) mass is 304 g/mol. The van der Waals surface area contributed by atoms with Crippen LogP contribution in [0.2, 0.25) is 0 Å². The smallest absolute Gasteiger partial charge is 0.337 e. The molecule has 0 aromatic heterocycles. The molecule has 0 heterocycles. The topological polar surface area (TPSA) is 98.7 Å². The molecule has 0 spiro atoms. The van der Waals surface area contributed by atoms with Crippen LogP contribution < -0.4 is 10.6 Å². The van der Waals surface area contributed by atoms with E-state index in [0.717, 1.165) is 19.8 Å². The van der Waals surface area contributed by atoms with Crippen LogP contribution in [0.3, 0.4) is 0 Å². The minimum Gasteiger partial charge on any atom is -0.479 e. The molecule has 116 valence electrons. The molecule has 0 aliphatic heterocycles. The highest BCUT2D eigenvalue weighted by Gasteiger charge is 2.33. The zero-order chi connectivity index (χ0) is 15.2. The van der Waals surface area contributed by atoms with E-state index in [1.54, 1.807) is 11.8 Å². The lowest BCUT2D eigenvalue weighted by molar-refractivity contribution is -0.155. The predicted octanol–water partition coefficient (Wildman–Crippen LogP) is 1.19. The van der Waals surface area contributed by atoms with Crippen LogP contribution in [0.25, 0.3) is 0 Å². The molecular formula is C13H24N2O4S. The van der Waals surface area contributed by atoms with Gasteiger partial charge in [-0.25, -0.2) is 9.59 Å². The molecular weight excluding hydrogens is 280 g/mol. The zero-order valence-corrected chi connectivity index (χ0v) is 12.9. The van der Waals surface area contributed by atoms with Crippen molar-refractivity contribution in [1.29, 1.82) is 0 Å². The van der Waals surface area contributed by atoms with E-state index in [9.17, 15) is 14.7 Å². The molecule has 0 aromatic rings. The first-order valence-corrected chi connectivity index (χ1v) is 8.06. The molecule has 1 rings (SSSR count). The highest BCUT2D eigenvalue weighted by atomic mass is 32.2. The summed E-state index contributed by atoms with van der Waals surface area (Å²) in [7, 11) is 0. The molecule has 20 heavy (non-hydrogen) atoms. The normalized spacial score (nSPS) is 20.8. The van der Waals surface area contributed by atoms with Crippen LogP contribution in [0.15, 0.2) is 0 Å². The fourth-order valence-corrected chi connectivity index (χ4v) is 3.19. The third-order valence-electron chi connectivity index (χ3n) is 3.82. The van der Waals surface area contributed by atoms with Gasteiger partial charge in [0.15, 0.2) is 5.60 Å². The van der Waals surface area contributed by atoms with Crippen LogP contribution in [-0.2, 0) is 4.79 Å². The predicted molar refractivity (Wildman–Crippen MR) is 79.0 cm³/mol. The van der Waals surface area contributed by atoms with Crippen molar-refractivity contribution in [3.05, 3.63) is 0 Å². The van der Waals surface area contributed by atoms with E-state index in [0.29, 0.717) is 6.54 Å². The molecule has 1 saturated carbocycles. The number of aliphatic hydroxyl groups is 1. The first-order valence-electron chi connectivity index (χ1n) is 6.84. The molecule has 1 aliphatic rings. The van der Waals surface area contributed by atoms with Crippen LogP contribution in [-0.4, -0.2) is 51.9 Å². The summed E-state index contributed by atoms with van der Waals surface area (Å²) in [5.74, 6) is -1.36. The van der Waals surface area contributed by atoms with Crippen molar-refractivity contribution in [2.24, 2.45) is 0 Å². The first kappa shape index (κ1) is 17.1. The first-order chi connectivity index (χ1) is 9.31. The van der Waals surface area contributed by atoms with Gasteiger partial charge in [-0.1, -0.05) is 19.3 Å². The summed E-state index contributed by atoms with van der Waals surface area (Å²) in [5, 5.41) is 23.4. The standard InChI is InChI=1S/C13H24N2O4S/c1-12(19,10(16)17)8-14-11(18)15-9-13(20-2)6-4-3-5-7-13/h19H,3-9H2,1-2H3,(H,16,17)(H2,14,15,18). The maximum absolute atomic E-state index is 11.7. The highest BCUT2D eigenvalue weighted by molar-refractivity contribution is 8.00. The lowest BCUT2D eigenvalue weighted by Crippen LogP contribution is -2.51. The van der Waals surface area contributed by atoms with E-state index in [1.807, 2.05) is 0 Å². The van der Waals surface area contributed by atoms with Gasteiger partial charge in [0, 0.05) is 11.3 Å². The van der Waals surface area contributed by atoms with Crippen molar-refractivity contribution in [3.63, 3.8) is 0 Å². The Bertz CT molecular complexity index is 354. The van der Waals surface area contributed by atoms with Gasteiger partial charge in [0.1, 0.15) is 0 Å². The molecule has 7 heteroatoms. The lowest BCUT2D eigenvalue weighted by atomic mass is 9.88. The number of carbonyl (C=O) groups is 2. The number of rotatable bonds is 6. The summed E-state index contributed by atoms with van der Waals surface area (Å²) >= 11 is 1.78. The maximum atomic E-state index is 11.7. The zero-order valence-electron chi connectivity index (χ0n) is 12.1. The fourth-order valence-electron chi connectivity index (χ4n) is 2.28. The van der Waals surface area contributed by atoms with Gasteiger partial charge in [-0.3, -0.25) is 0 Å². The quantitative estimate of drug-likeness (QED) is 0.591. The van der Waals surface area contributed by atoms with Gasteiger partial charge < -0.3 is 20.8 Å². The van der Waals surface area contributed by atoms with Crippen LogP contribution >= 0.6 is 11.8 Å². The average Bonchev–Trinajstić information content (AvgIpc) is 2.44. The Morgan fingerprint density at radius 3 is 2.35 bits per heavy atom. The number of nitrogens with one attached hydrogen (secondary N) is 2. The largest absolute Gasteiger partial charge is 0.479 e. The Balaban J connectivity index is 2.37. The van der Waals surface area contributed by atoms with Crippen molar-refractivity contribution in [2.75, 3.05) is 19.3 Å². The Morgan fingerprint density at radius 1 is 1.25 bits per heavy atom. The molecule has 4 N–H and O–H groups in total. The molecule has 0 radical (unpaired) electrons. The molecule has 0 bridgehead atoms. The number of carboxylic acids is 1. The van der Waals surface area contributed by atoms with Gasteiger partial charge in [-0.15, -0.1) is 0 Å². The Morgan fingerprint density at radius 2 is 1.85 bits per heavy atom. The van der Waals surface area contributed by atoms with Crippen LogP contribution in [0.5, 0.6) is 0 Å². The Hall–Kier alpha value is -0.950. The van der Waals surface area contributed by atoms with Crippen LogP contribution in [0.1, 0.15) is 39.0 Å². The number of carboxylic acid groups (broad SMARTS) is 1. The summed E-state index contributed by atoms with van der Waals surface area (Å²) in [5.41, 5.74) is -1.95. The molecule has 1 fully saturated rings. The van der Waals surface area contributed by atoms with Gasteiger partial charge >= 0.3 is 12.0 Å². The number of hydrogen-bond donors (Lipinski definition) is 4. The van der Waals surface area contributed by atoms with Crippen molar-refractivity contribution in [3.8, 4) is 0 Å². The molecule has 0 aromatic carbocycles. The summed E-state index contributed by atoms with van der Waals surface area (Å²) in [6, 6.07) is -0.439. The molecule has 6 nitrogen and oxygen atoms in total. The molecule has 2 amide bonds. The fraction of sp³-hybridized carbons (Fsp3) is 0.846. The number of urea groups is 1. The number of amides is 2. The molecule has 1 aliphatic carbocycles. The average molecular weight is 304 g/mol. The van der Waals surface area contributed by atoms with Gasteiger partial charge in [-0.05, 0) is 26.0 Å². The second kappa shape index (κ2) is 7.17. The number of aliphatic carboxylic acids is 1. The summed E-state index contributed by atoms with van der Waals surface area (Å²) in [6.45, 7) is 1.40. The third-order valence-corrected chi connectivity index (χ3v) is 5.24. The number of thioether (sulfide) groups is 1. The Kier molecular flexibility index (Phi) is 6.13. The summed E-state index contributed by atoms with van der Waals surface area (Å²) in [6.07, 6.45) is 7.83. The van der Waals surface area contributed by atoms with E-state index < -0.39 is 17.6 Å². The Labute approximate surface area is 123 Å². The van der Waals surface area contributed by atoms with Crippen LogP contribution in [0.4, 0.5) is 4.79 Å². The van der Waals surface area contributed by atoms with E-state index in [2.05, 4.69) is 16.9 Å². The van der Waals surface area contributed by atoms with E-state index >= 15 is 0 Å². The summed E-state index contributed by atoms with van der Waals surface area (Å²) < 4.78 is 0.0882. The minimum atomic E-state index is -1.95.